The number of hydrogen-bond donors (Lipinski definition) is 6. The Kier molecular flexibility index (Phi) is 9.32. The molecule has 0 aromatic heterocycles. The average molecular weight is 494 g/mol. The molecule has 0 saturated carbocycles. The van der Waals surface area contributed by atoms with E-state index in [4.69, 9.17) is 0 Å². The first kappa shape index (κ1) is 28.2. The Morgan fingerprint density at radius 3 is 2.37 bits per heavy atom. The minimum absolute atomic E-state index is 0.0210. The van der Waals surface area contributed by atoms with Crippen molar-refractivity contribution in [2.45, 2.75) is 20.3 Å². The van der Waals surface area contributed by atoms with Crippen LogP contribution in [0.15, 0.2) is 41.7 Å². The number of carboxylic acids is 1. The van der Waals surface area contributed by atoms with Crippen LogP contribution in [-0.2, 0) is 9.59 Å². The SMILES string of the molecule is CC(C)(CNC(=O)C1C=CC(F)=C(B(O)O)C1)CN(CC(=O)O)C(=O)c1ccc(F)c(B(O)O)c1. The molecule has 0 radical (unpaired) electrons. The molecule has 35 heavy (non-hydrogen) atoms. The maximum absolute atomic E-state index is 13.8. The smallest absolute Gasteiger partial charge is 0.480 e. The van der Waals surface area contributed by atoms with Crippen molar-refractivity contribution in [1.29, 1.82) is 0 Å². The van der Waals surface area contributed by atoms with Crippen molar-refractivity contribution in [3.63, 3.8) is 0 Å². The molecule has 188 valence electrons. The molecular weight excluding hydrogens is 468 g/mol. The van der Waals surface area contributed by atoms with Gasteiger partial charge in [-0.2, -0.15) is 0 Å². The molecule has 2 amide bonds. The lowest BCUT2D eigenvalue weighted by Crippen LogP contribution is -2.47. The highest BCUT2D eigenvalue weighted by Crippen LogP contribution is 2.26. The lowest BCUT2D eigenvalue weighted by molar-refractivity contribution is -0.138. The molecule has 0 saturated heterocycles. The fourth-order valence-electron chi connectivity index (χ4n) is 3.57. The summed E-state index contributed by atoms with van der Waals surface area (Å²) in [7, 11) is -4.21. The highest BCUT2D eigenvalue weighted by atomic mass is 19.1. The second-order valence-electron chi connectivity index (χ2n) is 8.96. The van der Waals surface area contributed by atoms with E-state index in [1.165, 1.54) is 6.08 Å². The van der Waals surface area contributed by atoms with Gasteiger partial charge < -0.3 is 35.4 Å². The standard InChI is InChI=1S/C21H26B2F2N2O8/c1-21(2,10-26-19(30)12-3-5-16(24)14(7-12)22(32)33)11-27(9-18(28)29)20(31)13-4-6-17(25)15(8-13)23(34)35/h3-6,8,12,32-35H,7,9-11H2,1-2H3,(H,26,30)(H,28,29). The van der Waals surface area contributed by atoms with Crippen LogP contribution >= 0.6 is 0 Å². The van der Waals surface area contributed by atoms with Crippen LogP contribution in [0, 0.1) is 17.2 Å². The van der Waals surface area contributed by atoms with Crippen LogP contribution in [0.5, 0.6) is 0 Å². The number of halogens is 2. The number of allylic oxidation sites excluding steroid dienone is 3. The van der Waals surface area contributed by atoms with Gasteiger partial charge in [0.25, 0.3) is 5.91 Å². The van der Waals surface area contributed by atoms with Gasteiger partial charge in [-0.3, -0.25) is 14.4 Å². The molecule has 1 unspecified atom stereocenters. The monoisotopic (exact) mass is 494 g/mol. The van der Waals surface area contributed by atoms with Crippen LogP contribution in [0.4, 0.5) is 8.78 Å². The predicted octanol–water partition coefficient (Wildman–Crippen LogP) is -1.01. The summed E-state index contributed by atoms with van der Waals surface area (Å²) in [6.45, 7) is 2.43. The molecule has 0 bridgehead atoms. The Balaban J connectivity index is 2.11. The average Bonchev–Trinajstić information content (AvgIpc) is 2.76. The minimum atomic E-state index is -2.17. The topological polar surface area (TPSA) is 168 Å². The van der Waals surface area contributed by atoms with Crippen molar-refractivity contribution in [2.24, 2.45) is 11.3 Å². The van der Waals surface area contributed by atoms with Gasteiger partial charge >= 0.3 is 20.2 Å². The summed E-state index contributed by atoms with van der Waals surface area (Å²) in [6.07, 6.45) is 2.02. The summed E-state index contributed by atoms with van der Waals surface area (Å²) in [5.74, 6) is -5.29. The lowest BCUT2D eigenvalue weighted by atomic mass is 9.71. The Morgan fingerprint density at radius 2 is 1.80 bits per heavy atom. The zero-order chi connectivity index (χ0) is 26.5. The molecule has 1 aromatic carbocycles. The summed E-state index contributed by atoms with van der Waals surface area (Å²) in [5, 5.41) is 48.9. The summed E-state index contributed by atoms with van der Waals surface area (Å²) >= 11 is 0. The van der Waals surface area contributed by atoms with Gasteiger partial charge in [-0.15, -0.1) is 0 Å². The third-order valence-corrected chi connectivity index (χ3v) is 5.36. The van der Waals surface area contributed by atoms with Crippen LogP contribution in [0.2, 0.25) is 0 Å². The molecule has 1 atom stereocenters. The number of nitrogens with zero attached hydrogens (tertiary/aromatic N) is 1. The van der Waals surface area contributed by atoms with E-state index in [-0.39, 0.29) is 30.5 Å². The summed E-state index contributed by atoms with van der Waals surface area (Å²) in [6, 6.07) is 2.86. The Morgan fingerprint density at radius 1 is 1.14 bits per heavy atom. The number of hydrogen-bond acceptors (Lipinski definition) is 7. The van der Waals surface area contributed by atoms with Crippen molar-refractivity contribution in [3.8, 4) is 0 Å². The maximum Gasteiger partial charge on any atom is 0.491 e. The van der Waals surface area contributed by atoms with Crippen molar-refractivity contribution < 1.29 is 48.4 Å². The first-order valence-corrected chi connectivity index (χ1v) is 10.6. The Bertz CT molecular complexity index is 1050. The quantitative estimate of drug-likeness (QED) is 0.225. The van der Waals surface area contributed by atoms with Gasteiger partial charge in [-0.1, -0.05) is 19.9 Å². The highest BCUT2D eigenvalue weighted by Gasteiger charge is 2.32. The van der Waals surface area contributed by atoms with Gasteiger partial charge in [-0.05, 0) is 41.6 Å². The number of carbonyl (C=O) groups excluding carboxylic acids is 2. The molecule has 1 aliphatic carbocycles. The van der Waals surface area contributed by atoms with E-state index < -0.39 is 67.0 Å². The molecular formula is C21H26B2F2N2O8. The lowest BCUT2D eigenvalue weighted by Gasteiger charge is -2.32. The maximum atomic E-state index is 13.8. The van der Waals surface area contributed by atoms with Gasteiger partial charge in [-0.25, -0.2) is 8.78 Å². The summed E-state index contributed by atoms with van der Waals surface area (Å²) in [4.78, 5) is 37.8. The second-order valence-corrected chi connectivity index (χ2v) is 8.96. The van der Waals surface area contributed by atoms with Crippen LogP contribution in [0.3, 0.4) is 0 Å². The van der Waals surface area contributed by atoms with E-state index >= 15 is 0 Å². The largest absolute Gasteiger partial charge is 0.491 e. The predicted molar refractivity (Wildman–Crippen MR) is 122 cm³/mol. The molecule has 6 N–H and O–H groups in total. The normalized spacial score (nSPS) is 15.6. The van der Waals surface area contributed by atoms with Crippen molar-refractivity contribution in [3.05, 3.63) is 53.0 Å². The number of rotatable bonds is 10. The number of benzene rings is 1. The molecule has 0 aliphatic heterocycles. The van der Waals surface area contributed by atoms with E-state index in [0.29, 0.717) is 0 Å². The number of amides is 2. The summed E-state index contributed by atoms with van der Waals surface area (Å²) < 4.78 is 27.4. The fraction of sp³-hybridized carbons (Fsp3) is 0.381. The molecule has 1 aromatic rings. The van der Waals surface area contributed by atoms with Gasteiger partial charge in [0, 0.05) is 24.1 Å². The van der Waals surface area contributed by atoms with Crippen LogP contribution in [-0.4, -0.2) is 81.8 Å². The minimum Gasteiger partial charge on any atom is -0.480 e. The first-order valence-electron chi connectivity index (χ1n) is 10.6. The Labute approximate surface area is 200 Å². The van der Waals surface area contributed by atoms with E-state index in [9.17, 15) is 48.4 Å². The highest BCUT2D eigenvalue weighted by molar-refractivity contribution is 6.58. The van der Waals surface area contributed by atoms with Crippen LogP contribution in [0.1, 0.15) is 30.6 Å². The molecule has 0 fully saturated rings. The van der Waals surface area contributed by atoms with Crippen molar-refractivity contribution >= 4 is 37.5 Å². The van der Waals surface area contributed by atoms with Gasteiger partial charge in [0.1, 0.15) is 18.2 Å². The Hall–Kier alpha value is -3.06. The number of carboxylic acid groups (broad SMARTS) is 1. The van der Waals surface area contributed by atoms with Crippen molar-refractivity contribution in [1.82, 2.24) is 10.2 Å². The molecule has 0 heterocycles. The number of nitrogens with one attached hydrogen (secondary N) is 1. The fourth-order valence-corrected chi connectivity index (χ4v) is 3.57. The van der Waals surface area contributed by atoms with E-state index in [1.807, 2.05) is 0 Å². The third-order valence-electron chi connectivity index (χ3n) is 5.36. The number of carbonyl (C=O) groups is 3. The van der Waals surface area contributed by atoms with Gasteiger partial charge in [0.05, 0.1) is 5.92 Å². The van der Waals surface area contributed by atoms with E-state index in [0.717, 1.165) is 29.2 Å². The van der Waals surface area contributed by atoms with Gasteiger partial charge in [0.2, 0.25) is 5.91 Å². The molecule has 2 rings (SSSR count). The zero-order valence-corrected chi connectivity index (χ0v) is 19.1. The number of aliphatic carboxylic acids is 1. The molecule has 1 aliphatic rings. The zero-order valence-electron chi connectivity index (χ0n) is 19.1. The molecule has 14 heteroatoms. The third kappa shape index (κ3) is 7.72. The van der Waals surface area contributed by atoms with E-state index in [2.05, 4.69) is 5.32 Å². The van der Waals surface area contributed by atoms with Crippen LogP contribution in [0.25, 0.3) is 0 Å². The second kappa shape index (κ2) is 11.6. The van der Waals surface area contributed by atoms with Gasteiger partial charge in [0.15, 0.2) is 0 Å². The molecule has 0 spiro atoms. The van der Waals surface area contributed by atoms with E-state index in [1.54, 1.807) is 13.8 Å². The van der Waals surface area contributed by atoms with Crippen molar-refractivity contribution in [2.75, 3.05) is 19.6 Å². The first-order chi connectivity index (χ1) is 16.2. The molecule has 10 nitrogen and oxygen atoms in total. The summed E-state index contributed by atoms with van der Waals surface area (Å²) in [5.41, 5.74) is -1.89. The van der Waals surface area contributed by atoms with Crippen LogP contribution < -0.4 is 10.8 Å².